The molecule has 0 amide bonds. The predicted octanol–water partition coefficient (Wildman–Crippen LogP) is 14.4. The molecule has 0 aromatic heterocycles. The van der Waals surface area contributed by atoms with Gasteiger partial charge in [0.2, 0.25) is 0 Å². The van der Waals surface area contributed by atoms with Crippen molar-refractivity contribution in [2.75, 3.05) is 16.3 Å². The van der Waals surface area contributed by atoms with E-state index in [1.54, 1.807) is 0 Å². The van der Waals surface area contributed by atoms with Crippen molar-refractivity contribution in [1.29, 1.82) is 0 Å². The lowest BCUT2D eigenvalue weighted by Gasteiger charge is -2.32. The number of fused-ring (bicyclic) bond motifs is 3. The largest absolute Gasteiger partial charge is 0.361 e. The van der Waals surface area contributed by atoms with Crippen molar-refractivity contribution in [1.82, 2.24) is 0 Å². The molecule has 270 valence electrons. The van der Waals surface area contributed by atoms with Crippen LogP contribution < -0.4 is 9.80 Å². The van der Waals surface area contributed by atoms with Gasteiger partial charge >= 0.3 is 0 Å². The topological polar surface area (TPSA) is 6.48 Å². The second kappa shape index (κ2) is 15.8. The van der Waals surface area contributed by atoms with Crippen LogP contribution in [0.15, 0.2) is 212 Å². The molecular formula is C54H44N2. The van der Waals surface area contributed by atoms with Crippen molar-refractivity contribution in [3.63, 3.8) is 0 Å². The zero-order valence-electron chi connectivity index (χ0n) is 31.7. The average Bonchev–Trinajstić information content (AvgIpc) is 3.25. The Morgan fingerprint density at radius 3 is 1.59 bits per heavy atom. The number of rotatable bonds is 10. The molecule has 1 unspecified atom stereocenters. The molecule has 0 bridgehead atoms. The summed E-state index contributed by atoms with van der Waals surface area (Å²) < 4.78 is 0. The summed E-state index contributed by atoms with van der Waals surface area (Å²) >= 11 is 0. The highest BCUT2D eigenvalue weighted by Gasteiger charge is 2.18. The Morgan fingerprint density at radius 2 is 1.02 bits per heavy atom. The number of hydrogen-bond donors (Lipinski definition) is 0. The van der Waals surface area contributed by atoms with Crippen LogP contribution in [-0.2, 0) is 0 Å². The van der Waals surface area contributed by atoms with E-state index < -0.39 is 0 Å². The molecule has 9 rings (SSSR count). The number of anilines is 4. The standard InChI is InChI=1S/C54H44N2/c1-40-11-2-3-12-43(40)19-10-36-55(52-33-26-44-13-4-7-16-47(44)37-52)50-29-22-41(23-30-50)20-21-42-24-31-51(32-25-42)56(53-34-27-45-14-5-8-17-48(45)38-53)54-35-28-46-15-6-9-18-49(46)39-54/h2-29,31-35,37-39,50H,30,36H2,1H3. The third-order valence-corrected chi connectivity index (χ3v) is 11.0. The SMILES string of the molecule is Cc1ccccc1C=CCN(c1ccc2ccccc2c1)C1C=CC(C=Cc2ccc(N(c3ccc4ccccc4c3)c3ccc4ccccc4c3)cc2)=CC1. The molecule has 0 saturated heterocycles. The molecule has 8 aromatic carbocycles. The van der Waals surface area contributed by atoms with Crippen molar-refractivity contribution in [2.45, 2.75) is 19.4 Å². The average molecular weight is 721 g/mol. The first-order valence-electron chi connectivity index (χ1n) is 19.6. The van der Waals surface area contributed by atoms with Crippen LogP contribution in [0.3, 0.4) is 0 Å². The van der Waals surface area contributed by atoms with E-state index in [-0.39, 0.29) is 6.04 Å². The fourth-order valence-corrected chi connectivity index (χ4v) is 7.84. The molecule has 0 saturated carbocycles. The normalized spacial score (nSPS) is 14.2. The van der Waals surface area contributed by atoms with Crippen molar-refractivity contribution in [2.24, 2.45) is 0 Å². The summed E-state index contributed by atoms with van der Waals surface area (Å²) in [5.41, 5.74) is 9.59. The Bertz CT molecular complexity index is 2700. The molecule has 1 atom stereocenters. The molecule has 2 nitrogen and oxygen atoms in total. The molecule has 1 aliphatic carbocycles. The van der Waals surface area contributed by atoms with Crippen LogP contribution in [0.1, 0.15) is 23.1 Å². The second-order valence-corrected chi connectivity index (χ2v) is 14.6. The van der Waals surface area contributed by atoms with Gasteiger partial charge in [0.15, 0.2) is 0 Å². The maximum absolute atomic E-state index is 2.52. The Morgan fingerprint density at radius 1 is 0.500 bits per heavy atom. The van der Waals surface area contributed by atoms with E-state index in [0.29, 0.717) is 0 Å². The number of benzene rings is 8. The fraction of sp³-hybridized carbons (Fsp3) is 0.0741. The Labute approximate surface area is 330 Å². The summed E-state index contributed by atoms with van der Waals surface area (Å²) in [6, 6.07) is 63.8. The first kappa shape index (κ1) is 34.8. The van der Waals surface area contributed by atoms with E-state index in [0.717, 1.165) is 30.0 Å². The van der Waals surface area contributed by atoms with Gasteiger partial charge in [0.25, 0.3) is 0 Å². The van der Waals surface area contributed by atoms with Crippen molar-refractivity contribution < 1.29 is 0 Å². The summed E-state index contributed by atoms with van der Waals surface area (Å²) in [5.74, 6) is 0. The van der Waals surface area contributed by atoms with Crippen LogP contribution in [0.25, 0.3) is 44.5 Å². The van der Waals surface area contributed by atoms with E-state index in [4.69, 9.17) is 0 Å². The second-order valence-electron chi connectivity index (χ2n) is 14.6. The highest BCUT2D eigenvalue weighted by Crippen LogP contribution is 2.38. The van der Waals surface area contributed by atoms with Crippen LogP contribution in [-0.4, -0.2) is 12.6 Å². The lowest BCUT2D eigenvalue weighted by atomic mass is 9.99. The Balaban J connectivity index is 0.948. The fourth-order valence-electron chi connectivity index (χ4n) is 7.84. The highest BCUT2D eigenvalue weighted by molar-refractivity contribution is 5.92. The molecule has 1 aliphatic rings. The van der Waals surface area contributed by atoms with Crippen molar-refractivity contribution in [3.8, 4) is 0 Å². The van der Waals surface area contributed by atoms with E-state index in [9.17, 15) is 0 Å². The van der Waals surface area contributed by atoms with E-state index in [1.165, 1.54) is 60.3 Å². The van der Waals surface area contributed by atoms with Gasteiger partial charge in [-0.05, 0) is 116 Å². The van der Waals surface area contributed by atoms with E-state index in [1.807, 2.05) is 0 Å². The predicted molar refractivity (Wildman–Crippen MR) is 242 cm³/mol. The van der Waals surface area contributed by atoms with Gasteiger partial charge in [-0.25, -0.2) is 0 Å². The lowest BCUT2D eigenvalue weighted by Crippen LogP contribution is -2.34. The van der Waals surface area contributed by atoms with Crippen LogP contribution in [0.5, 0.6) is 0 Å². The van der Waals surface area contributed by atoms with E-state index in [2.05, 4.69) is 235 Å². The molecule has 8 aromatic rings. The first-order chi connectivity index (χ1) is 27.6. The van der Waals surface area contributed by atoms with Gasteiger partial charge in [-0.3, -0.25) is 0 Å². The zero-order chi connectivity index (χ0) is 37.7. The summed E-state index contributed by atoms with van der Waals surface area (Å²) in [6.07, 6.45) is 17.0. The molecule has 0 fully saturated rings. The van der Waals surface area contributed by atoms with Gasteiger partial charge in [0.1, 0.15) is 0 Å². The first-order valence-corrected chi connectivity index (χ1v) is 19.6. The molecular weight excluding hydrogens is 677 g/mol. The molecule has 0 heterocycles. The molecule has 0 N–H and O–H groups in total. The number of nitrogens with zero attached hydrogens (tertiary/aromatic N) is 2. The third-order valence-electron chi connectivity index (χ3n) is 11.0. The minimum atomic E-state index is 0.255. The van der Waals surface area contributed by atoms with Crippen molar-refractivity contribution in [3.05, 3.63) is 229 Å². The summed E-state index contributed by atoms with van der Waals surface area (Å²) in [5, 5.41) is 7.46. The van der Waals surface area contributed by atoms with Gasteiger partial charge in [-0.1, -0.05) is 170 Å². The summed E-state index contributed by atoms with van der Waals surface area (Å²) in [7, 11) is 0. The van der Waals surface area contributed by atoms with Gasteiger partial charge < -0.3 is 9.80 Å². The lowest BCUT2D eigenvalue weighted by molar-refractivity contribution is 0.722. The maximum atomic E-state index is 2.52. The molecule has 0 radical (unpaired) electrons. The van der Waals surface area contributed by atoms with Gasteiger partial charge in [0.05, 0.1) is 6.04 Å². The summed E-state index contributed by atoms with van der Waals surface area (Å²) in [4.78, 5) is 4.88. The van der Waals surface area contributed by atoms with Crippen LogP contribution >= 0.6 is 0 Å². The molecule has 0 aliphatic heterocycles. The van der Waals surface area contributed by atoms with Crippen LogP contribution in [0.2, 0.25) is 0 Å². The van der Waals surface area contributed by atoms with Crippen molar-refractivity contribution >= 4 is 67.2 Å². The minimum Gasteiger partial charge on any atom is -0.361 e. The molecule has 2 heteroatoms. The maximum Gasteiger partial charge on any atom is 0.0514 e. The Hall–Kier alpha value is -6.90. The molecule has 0 spiro atoms. The Kier molecular flexibility index (Phi) is 9.85. The van der Waals surface area contributed by atoms with E-state index >= 15 is 0 Å². The zero-order valence-corrected chi connectivity index (χ0v) is 31.7. The van der Waals surface area contributed by atoms with Gasteiger partial charge in [-0.15, -0.1) is 0 Å². The van der Waals surface area contributed by atoms with Crippen LogP contribution in [0.4, 0.5) is 22.7 Å². The van der Waals surface area contributed by atoms with Gasteiger partial charge in [-0.2, -0.15) is 0 Å². The smallest absolute Gasteiger partial charge is 0.0514 e. The monoisotopic (exact) mass is 720 g/mol. The number of aryl methyl sites for hydroxylation is 1. The van der Waals surface area contributed by atoms with Gasteiger partial charge in [0, 0.05) is 29.3 Å². The minimum absolute atomic E-state index is 0.255. The quantitative estimate of drug-likeness (QED) is 0.139. The number of allylic oxidation sites excluding steroid dienone is 3. The third kappa shape index (κ3) is 7.56. The number of hydrogen-bond acceptors (Lipinski definition) is 2. The highest BCUT2D eigenvalue weighted by atomic mass is 15.2. The summed E-state index contributed by atoms with van der Waals surface area (Å²) in [6.45, 7) is 2.99. The molecule has 56 heavy (non-hydrogen) atoms. The van der Waals surface area contributed by atoms with Crippen LogP contribution in [0, 0.1) is 6.92 Å².